The summed E-state index contributed by atoms with van der Waals surface area (Å²) in [6.07, 6.45) is 0. The lowest BCUT2D eigenvalue weighted by molar-refractivity contribution is -0.140. The van der Waals surface area contributed by atoms with Crippen molar-refractivity contribution < 1.29 is 28.9 Å². The lowest BCUT2D eigenvalue weighted by Gasteiger charge is -2.26. The first kappa shape index (κ1) is 23.0. The van der Waals surface area contributed by atoms with E-state index in [9.17, 15) is 24.2 Å². The average Bonchev–Trinajstić information content (AvgIpc) is 3.04. The maximum Gasteiger partial charge on any atom is 0.295 e. The number of aliphatic hydroxyl groups excluding tert-OH is 1. The average molecular weight is 461 g/mol. The van der Waals surface area contributed by atoms with Crippen molar-refractivity contribution in [2.75, 3.05) is 7.11 Å². The number of Topliss-reactive ketones (excluding diaryl/α,β-unsaturated/α-hetero) is 1. The van der Waals surface area contributed by atoms with Gasteiger partial charge in [-0.3, -0.25) is 9.59 Å². The Morgan fingerprint density at radius 2 is 1.76 bits per heavy atom. The first-order chi connectivity index (χ1) is 16.2. The second-order valence-corrected chi connectivity index (χ2v) is 8.31. The number of nitrogens with zero attached hydrogens (tertiary/aromatic N) is 1. The molecule has 6 nitrogen and oxygen atoms in total. The van der Waals surface area contributed by atoms with E-state index < -0.39 is 23.5 Å². The van der Waals surface area contributed by atoms with Gasteiger partial charge in [0.2, 0.25) is 0 Å². The first-order valence-corrected chi connectivity index (χ1v) is 10.7. The van der Waals surface area contributed by atoms with E-state index in [1.807, 2.05) is 19.9 Å². The van der Waals surface area contributed by atoms with E-state index in [1.54, 1.807) is 18.2 Å². The lowest BCUT2D eigenvalue weighted by atomic mass is 9.93. The largest absolute Gasteiger partial charge is 0.508 e. The van der Waals surface area contributed by atoms with Crippen molar-refractivity contribution in [1.82, 2.24) is 4.90 Å². The van der Waals surface area contributed by atoms with Gasteiger partial charge in [0.1, 0.15) is 23.1 Å². The van der Waals surface area contributed by atoms with Crippen LogP contribution in [0.2, 0.25) is 0 Å². The smallest absolute Gasteiger partial charge is 0.295 e. The minimum absolute atomic E-state index is 0.00589. The predicted molar refractivity (Wildman–Crippen MR) is 125 cm³/mol. The number of ether oxygens (including phenoxy) is 1. The van der Waals surface area contributed by atoms with E-state index >= 15 is 0 Å². The molecule has 174 valence electrons. The number of likely N-dealkylation sites (tertiary alicyclic amines) is 1. The Morgan fingerprint density at radius 1 is 1.06 bits per heavy atom. The van der Waals surface area contributed by atoms with Crippen LogP contribution in [0.15, 0.2) is 66.2 Å². The molecule has 0 saturated carbocycles. The van der Waals surface area contributed by atoms with Gasteiger partial charge in [-0.15, -0.1) is 0 Å². The summed E-state index contributed by atoms with van der Waals surface area (Å²) in [7, 11) is 1.47. The Hall–Kier alpha value is -4.13. The molecule has 4 rings (SSSR count). The van der Waals surface area contributed by atoms with Gasteiger partial charge in [-0.25, -0.2) is 4.39 Å². The number of phenolic OH excluding ortho intramolecular Hbond substituents is 1. The highest BCUT2D eigenvalue weighted by molar-refractivity contribution is 6.46. The SMILES string of the molecule is COc1c(C)cc(C)cc1/C(O)=C1\C(=O)C(=O)N(Cc2ccc(F)cc2)C1c1cccc(O)c1. The number of hydrogen-bond donors (Lipinski definition) is 2. The molecular formula is C27H24FNO5. The predicted octanol–water partition coefficient (Wildman–Crippen LogP) is 4.78. The van der Waals surface area contributed by atoms with E-state index in [4.69, 9.17) is 4.74 Å². The summed E-state index contributed by atoms with van der Waals surface area (Å²) >= 11 is 0. The highest BCUT2D eigenvalue weighted by Crippen LogP contribution is 2.43. The van der Waals surface area contributed by atoms with Crippen LogP contribution < -0.4 is 4.74 Å². The maximum atomic E-state index is 13.4. The van der Waals surface area contributed by atoms with Crippen molar-refractivity contribution in [1.29, 1.82) is 0 Å². The number of halogens is 1. The van der Waals surface area contributed by atoms with Gasteiger partial charge in [0.15, 0.2) is 0 Å². The standard InChI is InChI=1S/C27H24FNO5/c1-15-11-16(2)26(34-3)21(12-15)24(31)22-23(18-5-4-6-20(30)13-18)29(27(33)25(22)32)14-17-7-9-19(28)10-8-17/h4-13,23,30-31H,14H2,1-3H3/b24-22+. The van der Waals surface area contributed by atoms with Crippen LogP contribution in [-0.4, -0.2) is 33.9 Å². The molecule has 7 heteroatoms. The molecule has 2 N–H and O–H groups in total. The van der Waals surface area contributed by atoms with Gasteiger partial charge in [-0.05, 0) is 66.4 Å². The highest BCUT2D eigenvalue weighted by atomic mass is 19.1. The van der Waals surface area contributed by atoms with Crippen molar-refractivity contribution in [3.8, 4) is 11.5 Å². The molecule has 1 atom stereocenters. The molecule has 1 heterocycles. The second kappa shape index (κ2) is 9.02. The number of benzene rings is 3. The third-order valence-electron chi connectivity index (χ3n) is 5.87. The summed E-state index contributed by atoms with van der Waals surface area (Å²) < 4.78 is 18.9. The summed E-state index contributed by atoms with van der Waals surface area (Å²) in [4.78, 5) is 27.7. The van der Waals surface area contributed by atoms with Crippen LogP contribution in [0.4, 0.5) is 4.39 Å². The number of aryl methyl sites for hydroxylation is 2. The molecule has 1 unspecified atom stereocenters. The Morgan fingerprint density at radius 3 is 2.41 bits per heavy atom. The zero-order valence-corrected chi connectivity index (χ0v) is 19.0. The second-order valence-electron chi connectivity index (χ2n) is 8.31. The molecule has 1 saturated heterocycles. The first-order valence-electron chi connectivity index (χ1n) is 10.7. The zero-order valence-electron chi connectivity index (χ0n) is 19.0. The van der Waals surface area contributed by atoms with Gasteiger partial charge in [-0.2, -0.15) is 0 Å². The summed E-state index contributed by atoms with van der Waals surface area (Å²) in [5.74, 6) is -2.10. The molecule has 1 aliphatic heterocycles. The number of carbonyl (C=O) groups excluding carboxylic acids is 2. The van der Waals surface area contributed by atoms with Gasteiger partial charge < -0.3 is 19.8 Å². The highest BCUT2D eigenvalue weighted by Gasteiger charge is 2.46. The minimum Gasteiger partial charge on any atom is -0.508 e. The van der Waals surface area contributed by atoms with Crippen molar-refractivity contribution >= 4 is 17.4 Å². The molecule has 34 heavy (non-hydrogen) atoms. The topological polar surface area (TPSA) is 87.1 Å². The number of phenols is 1. The number of amides is 1. The Labute approximate surface area is 196 Å². The van der Waals surface area contributed by atoms with Crippen LogP contribution in [0.3, 0.4) is 0 Å². The normalized spacial score (nSPS) is 17.3. The molecule has 1 amide bonds. The molecule has 0 radical (unpaired) electrons. The van der Waals surface area contributed by atoms with E-state index in [-0.39, 0.29) is 23.6 Å². The molecule has 0 spiro atoms. The molecule has 0 bridgehead atoms. The third-order valence-corrected chi connectivity index (χ3v) is 5.87. The number of carbonyl (C=O) groups is 2. The number of hydrogen-bond acceptors (Lipinski definition) is 5. The summed E-state index contributed by atoms with van der Waals surface area (Å²) in [6.45, 7) is 3.68. The molecule has 0 aliphatic carbocycles. The number of aliphatic hydroxyl groups is 1. The summed E-state index contributed by atoms with van der Waals surface area (Å²) in [6, 6.07) is 14.4. The zero-order chi connectivity index (χ0) is 24.6. The Kier molecular flexibility index (Phi) is 6.11. The molecular weight excluding hydrogens is 437 g/mol. The summed E-state index contributed by atoms with van der Waals surface area (Å²) in [5, 5.41) is 21.5. The van der Waals surface area contributed by atoms with Crippen molar-refractivity contribution in [2.45, 2.75) is 26.4 Å². The fourth-order valence-electron chi connectivity index (χ4n) is 4.42. The van der Waals surface area contributed by atoms with E-state index in [0.29, 0.717) is 22.4 Å². The maximum absolute atomic E-state index is 13.4. The molecule has 3 aromatic carbocycles. The van der Waals surface area contributed by atoms with Gasteiger partial charge in [0.25, 0.3) is 11.7 Å². The van der Waals surface area contributed by atoms with E-state index in [2.05, 4.69) is 0 Å². The van der Waals surface area contributed by atoms with Crippen LogP contribution in [0.1, 0.15) is 33.9 Å². The van der Waals surface area contributed by atoms with Crippen molar-refractivity contribution in [3.05, 3.63) is 99.9 Å². The van der Waals surface area contributed by atoms with Crippen LogP contribution in [0, 0.1) is 19.7 Å². The minimum atomic E-state index is -0.970. The molecule has 3 aromatic rings. The van der Waals surface area contributed by atoms with Gasteiger partial charge >= 0.3 is 0 Å². The fraction of sp³-hybridized carbons (Fsp3) is 0.185. The van der Waals surface area contributed by atoms with Gasteiger partial charge in [-0.1, -0.05) is 30.3 Å². The van der Waals surface area contributed by atoms with E-state index in [0.717, 1.165) is 11.1 Å². The molecule has 1 aliphatic rings. The number of rotatable bonds is 5. The van der Waals surface area contributed by atoms with Gasteiger partial charge in [0.05, 0.1) is 24.3 Å². The summed E-state index contributed by atoms with van der Waals surface area (Å²) in [5.41, 5.74) is 2.85. The number of ketones is 1. The van der Waals surface area contributed by atoms with Crippen LogP contribution in [-0.2, 0) is 16.1 Å². The van der Waals surface area contributed by atoms with Crippen LogP contribution >= 0.6 is 0 Å². The number of methoxy groups -OCH3 is 1. The monoisotopic (exact) mass is 461 g/mol. The Bertz CT molecular complexity index is 1310. The fourth-order valence-corrected chi connectivity index (χ4v) is 4.42. The van der Waals surface area contributed by atoms with Crippen molar-refractivity contribution in [3.63, 3.8) is 0 Å². The number of aromatic hydroxyl groups is 1. The molecule has 0 aromatic heterocycles. The van der Waals surface area contributed by atoms with Crippen LogP contribution in [0.5, 0.6) is 11.5 Å². The van der Waals surface area contributed by atoms with Crippen molar-refractivity contribution in [2.24, 2.45) is 0 Å². The Balaban J connectivity index is 1.93. The quantitative estimate of drug-likeness (QED) is 0.324. The van der Waals surface area contributed by atoms with Gasteiger partial charge in [0, 0.05) is 6.54 Å². The molecule has 1 fully saturated rings. The third kappa shape index (κ3) is 4.12. The van der Waals surface area contributed by atoms with Crippen LogP contribution in [0.25, 0.3) is 5.76 Å². The van der Waals surface area contributed by atoms with E-state index in [1.165, 1.54) is 48.4 Å². The lowest BCUT2D eigenvalue weighted by Crippen LogP contribution is -2.29.